The highest BCUT2D eigenvalue weighted by molar-refractivity contribution is 6.30. The molecule has 0 aromatic heterocycles. The first-order valence-corrected chi connectivity index (χ1v) is 8.65. The van der Waals surface area contributed by atoms with E-state index in [9.17, 15) is 14.0 Å². The second kappa shape index (κ2) is 8.92. The number of halogens is 2. The SMILES string of the molecule is O=C(N/N=C\c1cccc(Cl)c1)c1ccc(NC(=O)c2ccc(F)cc2)cc1. The smallest absolute Gasteiger partial charge is 0.271 e. The molecule has 0 aliphatic carbocycles. The van der Waals surface area contributed by atoms with E-state index in [1.165, 1.54) is 30.5 Å². The molecule has 0 spiro atoms. The molecule has 3 rings (SSSR count). The van der Waals surface area contributed by atoms with E-state index in [1.54, 1.807) is 48.5 Å². The third-order valence-electron chi connectivity index (χ3n) is 3.74. The third-order valence-corrected chi connectivity index (χ3v) is 3.97. The lowest BCUT2D eigenvalue weighted by molar-refractivity contribution is 0.0954. The minimum atomic E-state index is -0.412. The molecule has 5 nitrogen and oxygen atoms in total. The number of rotatable bonds is 5. The molecule has 140 valence electrons. The standard InChI is InChI=1S/C21H15ClFN3O2/c22-17-3-1-2-14(12-17)13-24-26-21(28)16-6-10-19(11-7-16)25-20(27)15-4-8-18(23)9-5-15/h1-13H,(H,25,27)(H,26,28)/b24-13-. The van der Waals surface area contributed by atoms with Crippen molar-refractivity contribution in [3.8, 4) is 0 Å². The zero-order chi connectivity index (χ0) is 19.9. The summed E-state index contributed by atoms with van der Waals surface area (Å²) in [4.78, 5) is 24.2. The first kappa shape index (κ1) is 19.3. The number of benzene rings is 3. The van der Waals surface area contributed by atoms with Crippen LogP contribution in [-0.2, 0) is 0 Å². The van der Waals surface area contributed by atoms with Crippen molar-refractivity contribution >= 4 is 35.3 Å². The zero-order valence-electron chi connectivity index (χ0n) is 14.5. The maximum Gasteiger partial charge on any atom is 0.271 e. The summed E-state index contributed by atoms with van der Waals surface area (Å²) in [6, 6.07) is 18.6. The minimum absolute atomic E-state index is 0.332. The van der Waals surface area contributed by atoms with Crippen molar-refractivity contribution in [1.82, 2.24) is 5.43 Å². The minimum Gasteiger partial charge on any atom is -0.322 e. The summed E-state index contributed by atoms with van der Waals surface area (Å²) in [5, 5.41) is 7.15. The lowest BCUT2D eigenvalue weighted by Crippen LogP contribution is -2.17. The molecule has 0 atom stereocenters. The van der Waals surface area contributed by atoms with Crippen LogP contribution < -0.4 is 10.7 Å². The fourth-order valence-electron chi connectivity index (χ4n) is 2.33. The van der Waals surface area contributed by atoms with Gasteiger partial charge in [-0.05, 0) is 66.2 Å². The van der Waals surface area contributed by atoms with Crippen molar-refractivity contribution < 1.29 is 14.0 Å². The van der Waals surface area contributed by atoms with Gasteiger partial charge in [0.15, 0.2) is 0 Å². The fourth-order valence-corrected chi connectivity index (χ4v) is 2.53. The van der Waals surface area contributed by atoms with Crippen molar-refractivity contribution in [2.45, 2.75) is 0 Å². The molecule has 0 saturated heterocycles. The van der Waals surface area contributed by atoms with Gasteiger partial charge in [-0.25, -0.2) is 9.82 Å². The van der Waals surface area contributed by atoms with Gasteiger partial charge in [0, 0.05) is 21.8 Å². The topological polar surface area (TPSA) is 70.6 Å². The van der Waals surface area contributed by atoms with E-state index in [0.29, 0.717) is 21.8 Å². The van der Waals surface area contributed by atoms with Gasteiger partial charge in [0.2, 0.25) is 0 Å². The van der Waals surface area contributed by atoms with E-state index < -0.39 is 11.7 Å². The first-order chi connectivity index (χ1) is 13.5. The van der Waals surface area contributed by atoms with Gasteiger partial charge in [0.25, 0.3) is 11.8 Å². The van der Waals surface area contributed by atoms with E-state index in [-0.39, 0.29) is 5.91 Å². The molecule has 3 aromatic carbocycles. The highest BCUT2D eigenvalue weighted by Crippen LogP contribution is 2.12. The molecule has 0 aliphatic rings. The number of nitrogens with zero attached hydrogens (tertiary/aromatic N) is 1. The number of amides is 2. The summed E-state index contributed by atoms with van der Waals surface area (Å²) < 4.78 is 12.9. The normalized spacial score (nSPS) is 10.6. The van der Waals surface area contributed by atoms with E-state index in [4.69, 9.17) is 11.6 Å². The van der Waals surface area contributed by atoms with Gasteiger partial charge in [-0.2, -0.15) is 5.10 Å². The molecule has 3 aromatic rings. The Kier molecular flexibility index (Phi) is 6.14. The average Bonchev–Trinajstić information content (AvgIpc) is 2.69. The molecule has 2 amide bonds. The summed E-state index contributed by atoms with van der Waals surface area (Å²) in [6.45, 7) is 0. The third kappa shape index (κ3) is 5.25. The van der Waals surface area contributed by atoms with E-state index >= 15 is 0 Å². The van der Waals surface area contributed by atoms with Gasteiger partial charge < -0.3 is 5.32 Å². The Morgan fingerprint density at radius 3 is 2.21 bits per heavy atom. The van der Waals surface area contributed by atoms with E-state index in [2.05, 4.69) is 15.8 Å². The molecule has 0 bridgehead atoms. The Labute approximate surface area is 165 Å². The number of hydrazone groups is 1. The van der Waals surface area contributed by atoms with Crippen molar-refractivity contribution in [2.75, 3.05) is 5.32 Å². The molecule has 0 heterocycles. The molecule has 7 heteroatoms. The molecule has 0 unspecified atom stereocenters. The Morgan fingerprint density at radius 2 is 1.54 bits per heavy atom. The van der Waals surface area contributed by atoms with Crippen LogP contribution in [0.3, 0.4) is 0 Å². The van der Waals surface area contributed by atoms with Gasteiger partial charge in [-0.1, -0.05) is 23.7 Å². The second-order valence-corrected chi connectivity index (χ2v) is 6.23. The first-order valence-electron chi connectivity index (χ1n) is 8.27. The second-order valence-electron chi connectivity index (χ2n) is 5.79. The maximum atomic E-state index is 12.9. The van der Waals surface area contributed by atoms with Crippen LogP contribution in [0.2, 0.25) is 5.02 Å². The van der Waals surface area contributed by atoms with Crippen molar-refractivity contribution in [3.63, 3.8) is 0 Å². The van der Waals surface area contributed by atoms with Crippen LogP contribution in [0.1, 0.15) is 26.3 Å². The van der Waals surface area contributed by atoms with Crippen LogP contribution in [-0.4, -0.2) is 18.0 Å². The lowest BCUT2D eigenvalue weighted by atomic mass is 10.1. The van der Waals surface area contributed by atoms with Crippen LogP contribution in [0.15, 0.2) is 77.9 Å². The van der Waals surface area contributed by atoms with Crippen molar-refractivity contribution in [3.05, 3.63) is 100 Å². The monoisotopic (exact) mass is 395 g/mol. The number of nitrogens with one attached hydrogen (secondary N) is 2. The molecule has 0 radical (unpaired) electrons. The average molecular weight is 396 g/mol. The number of carbonyl (C=O) groups excluding carboxylic acids is 2. The number of hydrogen-bond donors (Lipinski definition) is 2. The number of hydrogen-bond acceptors (Lipinski definition) is 3. The summed E-state index contributed by atoms with van der Waals surface area (Å²) in [5.41, 5.74) is 4.40. The summed E-state index contributed by atoms with van der Waals surface area (Å²) >= 11 is 5.88. The van der Waals surface area contributed by atoms with Crippen LogP contribution in [0.25, 0.3) is 0 Å². The van der Waals surface area contributed by atoms with Gasteiger partial charge in [0.05, 0.1) is 6.21 Å². The van der Waals surface area contributed by atoms with Crippen LogP contribution in [0.4, 0.5) is 10.1 Å². The molecular formula is C21H15ClFN3O2. The maximum absolute atomic E-state index is 12.9. The molecule has 28 heavy (non-hydrogen) atoms. The Hall–Kier alpha value is -3.51. The molecular weight excluding hydrogens is 381 g/mol. The predicted molar refractivity (Wildman–Crippen MR) is 107 cm³/mol. The van der Waals surface area contributed by atoms with E-state index in [1.807, 2.05) is 0 Å². The van der Waals surface area contributed by atoms with Gasteiger partial charge in [-0.15, -0.1) is 0 Å². The van der Waals surface area contributed by atoms with Crippen molar-refractivity contribution in [2.24, 2.45) is 5.10 Å². The quantitative estimate of drug-likeness (QED) is 0.493. The largest absolute Gasteiger partial charge is 0.322 e. The molecule has 0 fully saturated rings. The summed E-state index contributed by atoms with van der Waals surface area (Å²) in [6.07, 6.45) is 1.49. The highest BCUT2D eigenvalue weighted by atomic mass is 35.5. The Balaban J connectivity index is 1.58. The number of carbonyl (C=O) groups is 2. The van der Waals surface area contributed by atoms with Crippen LogP contribution in [0, 0.1) is 5.82 Å². The number of anilines is 1. The Morgan fingerprint density at radius 1 is 0.893 bits per heavy atom. The molecule has 0 aliphatic heterocycles. The van der Waals surface area contributed by atoms with Gasteiger partial charge >= 0.3 is 0 Å². The van der Waals surface area contributed by atoms with Gasteiger partial charge in [-0.3, -0.25) is 9.59 Å². The van der Waals surface area contributed by atoms with Crippen LogP contribution >= 0.6 is 11.6 Å². The lowest BCUT2D eigenvalue weighted by Gasteiger charge is -2.06. The summed E-state index contributed by atoms with van der Waals surface area (Å²) in [5.74, 6) is -1.18. The highest BCUT2D eigenvalue weighted by Gasteiger charge is 2.08. The zero-order valence-corrected chi connectivity index (χ0v) is 15.3. The van der Waals surface area contributed by atoms with Gasteiger partial charge in [0.1, 0.15) is 5.82 Å². The van der Waals surface area contributed by atoms with E-state index in [0.717, 1.165) is 5.56 Å². The van der Waals surface area contributed by atoms with Crippen molar-refractivity contribution in [1.29, 1.82) is 0 Å². The Bertz CT molecular complexity index is 1020. The fraction of sp³-hybridized carbons (Fsp3) is 0. The molecule has 0 saturated carbocycles. The van der Waals surface area contributed by atoms with Crippen LogP contribution in [0.5, 0.6) is 0 Å². The summed E-state index contributed by atoms with van der Waals surface area (Å²) in [7, 11) is 0. The predicted octanol–water partition coefficient (Wildman–Crippen LogP) is 4.50. The molecule has 2 N–H and O–H groups in total.